The number of azo groups is 1. The molecule has 3 aromatic rings. The van der Waals surface area contributed by atoms with Gasteiger partial charge in [0.25, 0.3) is 0 Å². The molecule has 4 N–H and O–H groups in total. The highest BCUT2D eigenvalue weighted by Crippen LogP contribution is 2.29. The van der Waals surface area contributed by atoms with Crippen LogP contribution in [0.5, 0.6) is 11.5 Å². The fourth-order valence-corrected chi connectivity index (χ4v) is 2.27. The van der Waals surface area contributed by atoms with Gasteiger partial charge in [-0.15, -0.1) is 5.11 Å². The van der Waals surface area contributed by atoms with Crippen molar-refractivity contribution in [3.05, 3.63) is 76.8 Å². The van der Waals surface area contributed by atoms with Gasteiger partial charge in [0.2, 0.25) is 0 Å². The number of rotatable bonds is 2. The van der Waals surface area contributed by atoms with E-state index in [1.807, 2.05) is 19.1 Å². The molecule has 0 atom stereocenters. The number of hydrogen-bond acceptors (Lipinski definition) is 5. The normalized spacial score (nSPS) is 10.4. The molecule has 0 bridgehead atoms. The number of anilines is 1. The van der Waals surface area contributed by atoms with Crippen LogP contribution in [0.3, 0.4) is 0 Å². The van der Waals surface area contributed by atoms with Crippen LogP contribution in [0.1, 0.15) is 11.1 Å². The molecule has 0 aliphatic carbocycles. The molecule has 6 heteroatoms. The van der Waals surface area contributed by atoms with E-state index in [0.717, 1.165) is 11.1 Å². The van der Waals surface area contributed by atoms with E-state index in [1.165, 1.54) is 0 Å². The van der Waals surface area contributed by atoms with Crippen LogP contribution < -0.4 is 5.73 Å². The van der Waals surface area contributed by atoms with Crippen LogP contribution in [0, 0.1) is 13.8 Å². The predicted octanol–water partition coefficient (Wildman–Crippen LogP) is 6.05. The van der Waals surface area contributed by atoms with Crippen LogP contribution in [0.2, 0.25) is 5.02 Å². The first-order valence-corrected chi connectivity index (χ1v) is 8.25. The van der Waals surface area contributed by atoms with Gasteiger partial charge in [0.15, 0.2) is 0 Å². The van der Waals surface area contributed by atoms with Crippen molar-refractivity contribution in [3.63, 3.8) is 0 Å². The number of phenolic OH excluding ortho intramolecular Hbond substituents is 2. The second-order valence-corrected chi connectivity index (χ2v) is 6.13. The number of nitrogen functional groups attached to an aromatic ring is 1. The molecule has 0 fully saturated rings. The average Bonchev–Trinajstić information content (AvgIpc) is 2.57. The summed E-state index contributed by atoms with van der Waals surface area (Å²) in [5, 5.41) is 26.8. The van der Waals surface area contributed by atoms with Crippen LogP contribution in [-0.4, -0.2) is 10.2 Å². The van der Waals surface area contributed by atoms with E-state index in [2.05, 4.69) is 10.2 Å². The Morgan fingerprint density at radius 2 is 1.65 bits per heavy atom. The molecule has 0 radical (unpaired) electrons. The topological polar surface area (TPSA) is 91.2 Å². The third-order valence-electron chi connectivity index (χ3n) is 3.43. The second kappa shape index (κ2) is 8.87. The van der Waals surface area contributed by atoms with E-state index < -0.39 is 0 Å². The zero-order valence-corrected chi connectivity index (χ0v) is 15.3. The lowest BCUT2D eigenvalue weighted by atomic mass is 10.2. The van der Waals surface area contributed by atoms with Crippen molar-refractivity contribution in [2.45, 2.75) is 13.8 Å². The van der Waals surface area contributed by atoms with E-state index in [4.69, 9.17) is 22.4 Å². The van der Waals surface area contributed by atoms with Crippen molar-refractivity contribution in [2.24, 2.45) is 10.2 Å². The lowest BCUT2D eigenvalue weighted by Crippen LogP contribution is -1.82. The number of phenols is 2. The fraction of sp³-hybridized carbons (Fsp3) is 0.100. The molecule has 134 valence electrons. The lowest BCUT2D eigenvalue weighted by molar-refractivity contribution is 0.471. The molecule has 0 aromatic heterocycles. The Bertz CT molecular complexity index is 909. The van der Waals surface area contributed by atoms with Crippen LogP contribution in [-0.2, 0) is 0 Å². The summed E-state index contributed by atoms with van der Waals surface area (Å²) in [6, 6.07) is 17.2. The summed E-state index contributed by atoms with van der Waals surface area (Å²) in [5.41, 5.74) is 9.21. The van der Waals surface area contributed by atoms with Gasteiger partial charge in [0.05, 0.1) is 10.7 Å². The Labute approximate surface area is 157 Å². The van der Waals surface area contributed by atoms with Gasteiger partial charge in [-0.25, -0.2) is 0 Å². The highest BCUT2D eigenvalue weighted by atomic mass is 35.5. The van der Waals surface area contributed by atoms with E-state index in [9.17, 15) is 5.11 Å². The van der Waals surface area contributed by atoms with Crippen molar-refractivity contribution in [3.8, 4) is 11.5 Å². The number of benzene rings is 3. The smallest absolute Gasteiger partial charge is 0.118 e. The number of halogens is 1. The molecular formula is C20H20ClN3O2. The van der Waals surface area contributed by atoms with Gasteiger partial charge < -0.3 is 15.9 Å². The first kappa shape index (κ1) is 19.3. The van der Waals surface area contributed by atoms with E-state index >= 15 is 0 Å². The van der Waals surface area contributed by atoms with Gasteiger partial charge >= 0.3 is 0 Å². The molecule has 3 rings (SSSR count). The third-order valence-corrected chi connectivity index (χ3v) is 3.73. The monoisotopic (exact) mass is 369 g/mol. The first-order chi connectivity index (χ1) is 12.3. The van der Waals surface area contributed by atoms with E-state index in [0.29, 0.717) is 27.8 Å². The minimum Gasteiger partial charge on any atom is -0.508 e. The Balaban J connectivity index is 0.000000254. The molecule has 0 aliphatic rings. The van der Waals surface area contributed by atoms with Crippen molar-refractivity contribution >= 4 is 28.7 Å². The van der Waals surface area contributed by atoms with Crippen LogP contribution >= 0.6 is 11.6 Å². The second-order valence-electron chi connectivity index (χ2n) is 5.72. The molecule has 0 aliphatic heterocycles. The van der Waals surface area contributed by atoms with Crippen LogP contribution in [0.25, 0.3) is 0 Å². The summed E-state index contributed by atoms with van der Waals surface area (Å²) in [6.07, 6.45) is 0. The van der Waals surface area contributed by atoms with Crippen molar-refractivity contribution < 1.29 is 10.2 Å². The van der Waals surface area contributed by atoms with Crippen LogP contribution in [0.4, 0.5) is 17.1 Å². The van der Waals surface area contributed by atoms with Crippen molar-refractivity contribution in [1.29, 1.82) is 0 Å². The summed E-state index contributed by atoms with van der Waals surface area (Å²) in [5.74, 6) is 0.574. The Kier molecular flexibility index (Phi) is 6.58. The van der Waals surface area contributed by atoms with Crippen molar-refractivity contribution in [1.82, 2.24) is 0 Å². The molecule has 0 heterocycles. The molecule has 3 aromatic carbocycles. The SMILES string of the molecule is Cc1cc(N=Nc2ccc(N)cc2Cl)ccc1O.Cc1cccc(O)c1. The number of aryl methyl sites for hydroxylation is 2. The van der Waals surface area contributed by atoms with Crippen molar-refractivity contribution in [2.75, 3.05) is 5.73 Å². The zero-order chi connectivity index (χ0) is 19.1. The fourth-order valence-electron chi connectivity index (χ4n) is 2.05. The molecule has 5 nitrogen and oxygen atoms in total. The Morgan fingerprint density at radius 1 is 0.885 bits per heavy atom. The lowest BCUT2D eigenvalue weighted by Gasteiger charge is -2.00. The molecule has 0 saturated carbocycles. The van der Waals surface area contributed by atoms with E-state index in [-0.39, 0.29) is 5.75 Å². The maximum atomic E-state index is 9.40. The van der Waals surface area contributed by atoms with Crippen LogP contribution in [0.15, 0.2) is 70.9 Å². The Morgan fingerprint density at radius 3 is 2.23 bits per heavy atom. The largest absolute Gasteiger partial charge is 0.508 e. The number of hydrogen-bond donors (Lipinski definition) is 3. The maximum absolute atomic E-state index is 9.40. The molecule has 26 heavy (non-hydrogen) atoms. The van der Waals surface area contributed by atoms with Gasteiger partial charge in [-0.05, 0) is 73.5 Å². The van der Waals surface area contributed by atoms with Gasteiger partial charge in [-0.1, -0.05) is 23.7 Å². The predicted molar refractivity (Wildman–Crippen MR) is 106 cm³/mol. The van der Waals surface area contributed by atoms with E-state index in [1.54, 1.807) is 55.5 Å². The summed E-state index contributed by atoms with van der Waals surface area (Å²) in [4.78, 5) is 0. The standard InChI is InChI=1S/C13H12ClN3O.C7H8O/c1-8-6-10(3-5-13(8)18)16-17-12-4-2-9(15)7-11(12)14;1-6-3-2-4-7(8)5-6/h2-7,18H,15H2,1H3;2-5,8H,1H3. The summed E-state index contributed by atoms with van der Waals surface area (Å²) < 4.78 is 0. The highest BCUT2D eigenvalue weighted by molar-refractivity contribution is 6.33. The summed E-state index contributed by atoms with van der Waals surface area (Å²) in [6.45, 7) is 3.74. The third kappa shape index (κ3) is 5.79. The highest BCUT2D eigenvalue weighted by Gasteiger charge is 2.00. The maximum Gasteiger partial charge on any atom is 0.118 e. The van der Waals surface area contributed by atoms with Gasteiger partial charge in [0.1, 0.15) is 17.2 Å². The van der Waals surface area contributed by atoms with Gasteiger partial charge in [-0.3, -0.25) is 0 Å². The summed E-state index contributed by atoms with van der Waals surface area (Å²) >= 11 is 5.98. The first-order valence-electron chi connectivity index (χ1n) is 7.87. The minimum absolute atomic E-state index is 0.236. The molecule has 0 unspecified atom stereocenters. The molecule has 0 saturated heterocycles. The average molecular weight is 370 g/mol. The number of nitrogens with zero attached hydrogens (tertiary/aromatic N) is 2. The van der Waals surface area contributed by atoms with Gasteiger partial charge in [0, 0.05) is 5.69 Å². The number of aromatic hydroxyl groups is 2. The number of nitrogens with two attached hydrogens (primary N) is 1. The minimum atomic E-state index is 0.236. The quantitative estimate of drug-likeness (QED) is 0.379. The molecule has 0 spiro atoms. The molecule has 0 amide bonds. The zero-order valence-electron chi connectivity index (χ0n) is 14.5. The summed E-state index contributed by atoms with van der Waals surface area (Å²) in [7, 11) is 0. The molecular weight excluding hydrogens is 350 g/mol. The Hall–Kier alpha value is -3.05. The van der Waals surface area contributed by atoms with Gasteiger partial charge in [-0.2, -0.15) is 5.11 Å².